The van der Waals surface area contributed by atoms with Crippen LogP contribution in [-0.2, 0) is 4.79 Å². The molecule has 0 aliphatic carbocycles. The zero-order valence-corrected chi connectivity index (χ0v) is 11.2. The third-order valence-corrected chi connectivity index (χ3v) is 3.28. The van der Waals surface area contributed by atoms with Gasteiger partial charge in [0, 0.05) is 11.6 Å². The molecule has 0 aliphatic rings. The van der Waals surface area contributed by atoms with Crippen LogP contribution in [0.25, 0.3) is 0 Å². The molecule has 2 aromatic rings. The van der Waals surface area contributed by atoms with Crippen LogP contribution in [0.5, 0.6) is 0 Å². The number of nitrogens with two attached hydrogens (primary N) is 1. The maximum absolute atomic E-state index is 13.2. The highest BCUT2D eigenvalue weighted by Crippen LogP contribution is 2.22. The van der Waals surface area contributed by atoms with Crippen molar-refractivity contribution < 1.29 is 9.18 Å². The predicted octanol–water partition coefficient (Wildman–Crippen LogP) is 2.90. The van der Waals surface area contributed by atoms with Gasteiger partial charge in [-0.25, -0.2) is 4.39 Å². The highest BCUT2D eigenvalue weighted by Gasteiger charge is 2.24. The number of amides is 1. The van der Waals surface area contributed by atoms with E-state index in [0.29, 0.717) is 5.69 Å². The second kappa shape index (κ2) is 6.19. The average Bonchev–Trinajstić information content (AvgIpc) is 2.45. The lowest BCUT2D eigenvalue weighted by Crippen LogP contribution is -2.39. The molecular weight excluding hydrogens is 255 g/mol. The van der Waals surface area contributed by atoms with Crippen molar-refractivity contribution in [3.63, 3.8) is 0 Å². The fourth-order valence-corrected chi connectivity index (χ4v) is 2.15. The number of benzene rings is 2. The molecule has 0 heterocycles. The molecule has 1 amide bonds. The van der Waals surface area contributed by atoms with E-state index in [1.54, 1.807) is 12.1 Å². The van der Waals surface area contributed by atoms with Crippen LogP contribution in [-0.4, -0.2) is 11.9 Å². The lowest BCUT2D eigenvalue weighted by Gasteiger charge is -2.23. The maximum Gasteiger partial charge on any atom is 0.240 e. The molecule has 20 heavy (non-hydrogen) atoms. The Hall–Kier alpha value is -2.36. The number of hydrogen-bond acceptors (Lipinski definition) is 2. The highest BCUT2D eigenvalue weighted by molar-refractivity contribution is 5.84. The van der Waals surface area contributed by atoms with E-state index in [2.05, 4.69) is 5.32 Å². The molecule has 2 unspecified atom stereocenters. The summed E-state index contributed by atoms with van der Waals surface area (Å²) in [6, 6.07) is 15.0. The average molecular weight is 272 g/mol. The summed E-state index contributed by atoms with van der Waals surface area (Å²) in [5.41, 5.74) is 7.00. The van der Waals surface area contributed by atoms with Gasteiger partial charge in [-0.05, 0) is 23.8 Å². The molecule has 2 atom stereocenters. The molecular formula is C16H17FN2O. The minimum atomic E-state index is -0.598. The Bertz CT molecular complexity index is 586. The van der Waals surface area contributed by atoms with Gasteiger partial charge in [0.15, 0.2) is 0 Å². The van der Waals surface area contributed by atoms with Crippen LogP contribution in [0.3, 0.4) is 0 Å². The Morgan fingerprint density at radius 2 is 1.85 bits per heavy atom. The van der Waals surface area contributed by atoms with Crippen molar-refractivity contribution in [2.75, 3.05) is 5.32 Å². The van der Waals surface area contributed by atoms with E-state index in [-0.39, 0.29) is 11.7 Å². The fourth-order valence-electron chi connectivity index (χ4n) is 2.15. The summed E-state index contributed by atoms with van der Waals surface area (Å²) in [4.78, 5) is 11.7. The van der Waals surface area contributed by atoms with Crippen molar-refractivity contribution in [2.45, 2.75) is 18.9 Å². The summed E-state index contributed by atoms with van der Waals surface area (Å²) in [5.74, 6) is -0.937. The first kappa shape index (κ1) is 14.1. The SMILES string of the molecule is CC(c1ccccc1)C(Nc1cccc(F)c1)C(N)=O. The van der Waals surface area contributed by atoms with Gasteiger partial charge in [-0.1, -0.05) is 43.3 Å². The van der Waals surface area contributed by atoms with Gasteiger partial charge in [0.2, 0.25) is 5.91 Å². The maximum atomic E-state index is 13.2. The summed E-state index contributed by atoms with van der Waals surface area (Å²) >= 11 is 0. The zero-order chi connectivity index (χ0) is 14.5. The van der Waals surface area contributed by atoms with Gasteiger partial charge in [0.1, 0.15) is 11.9 Å². The van der Waals surface area contributed by atoms with Crippen LogP contribution in [0.1, 0.15) is 18.4 Å². The number of hydrogen-bond donors (Lipinski definition) is 2. The third kappa shape index (κ3) is 3.35. The summed E-state index contributed by atoms with van der Waals surface area (Å²) in [7, 11) is 0. The van der Waals surface area contributed by atoms with Crippen molar-refractivity contribution >= 4 is 11.6 Å². The molecule has 0 saturated heterocycles. The largest absolute Gasteiger partial charge is 0.373 e. The smallest absolute Gasteiger partial charge is 0.240 e. The molecule has 0 aliphatic heterocycles. The van der Waals surface area contributed by atoms with Gasteiger partial charge in [-0.15, -0.1) is 0 Å². The number of primary amides is 1. The van der Waals surface area contributed by atoms with Gasteiger partial charge in [-0.3, -0.25) is 4.79 Å². The van der Waals surface area contributed by atoms with Gasteiger partial charge in [0.25, 0.3) is 0 Å². The van der Waals surface area contributed by atoms with Crippen LogP contribution in [0.4, 0.5) is 10.1 Å². The number of carbonyl (C=O) groups is 1. The quantitative estimate of drug-likeness (QED) is 0.879. The number of anilines is 1. The van der Waals surface area contributed by atoms with E-state index >= 15 is 0 Å². The van der Waals surface area contributed by atoms with E-state index in [9.17, 15) is 9.18 Å². The lowest BCUT2D eigenvalue weighted by atomic mass is 9.92. The summed E-state index contributed by atoms with van der Waals surface area (Å²) in [6.07, 6.45) is 0. The number of halogens is 1. The second-order valence-electron chi connectivity index (χ2n) is 4.73. The van der Waals surface area contributed by atoms with Crippen molar-refractivity contribution in [2.24, 2.45) is 5.73 Å². The first-order valence-corrected chi connectivity index (χ1v) is 6.44. The first-order valence-electron chi connectivity index (χ1n) is 6.44. The molecule has 2 rings (SSSR count). The molecule has 0 aromatic heterocycles. The molecule has 3 N–H and O–H groups in total. The molecule has 0 spiro atoms. The summed E-state index contributed by atoms with van der Waals surface area (Å²) in [5, 5.41) is 3.00. The van der Waals surface area contributed by atoms with E-state index in [1.807, 2.05) is 37.3 Å². The molecule has 104 valence electrons. The third-order valence-electron chi connectivity index (χ3n) is 3.28. The van der Waals surface area contributed by atoms with E-state index < -0.39 is 11.9 Å². The second-order valence-corrected chi connectivity index (χ2v) is 4.73. The van der Waals surface area contributed by atoms with Crippen LogP contribution in [0, 0.1) is 5.82 Å². The van der Waals surface area contributed by atoms with Gasteiger partial charge < -0.3 is 11.1 Å². The lowest BCUT2D eigenvalue weighted by molar-refractivity contribution is -0.119. The Morgan fingerprint density at radius 3 is 2.45 bits per heavy atom. The monoisotopic (exact) mass is 272 g/mol. The van der Waals surface area contributed by atoms with Crippen molar-refractivity contribution in [1.29, 1.82) is 0 Å². The molecule has 3 nitrogen and oxygen atoms in total. The van der Waals surface area contributed by atoms with Crippen LogP contribution < -0.4 is 11.1 Å². The number of carbonyl (C=O) groups excluding carboxylic acids is 1. The summed E-state index contributed by atoms with van der Waals surface area (Å²) in [6.45, 7) is 1.91. The molecule has 0 fully saturated rings. The molecule has 0 radical (unpaired) electrons. The van der Waals surface area contributed by atoms with E-state index in [0.717, 1.165) is 5.56 Å². The van der Waals surface area contributed by atoms with Crippen LogP contribution >= 0.6 is 0 Å². The fraction of sp³-hybridized carbons (Fsp3) is 0.188. The van der Waals surface area contributed by atoms with E-state index in [1.165, 1.54) is 12.1 Å². The normalized spacial score (nSPS) is 13.5. The highest BCUT2D eigenvalue weighted by atomic mass is 19.1. The van der Waals surface area contributed by atoms with Crippen molar-refractivity contribution in [1.82, 2.24) is 0 Å². The van der Waals surface area contributed by atoms with Gasteiger partial charge in [0.05, 0.1) is 0 Å². The van der Waals surface area contributed by atoms with Crippen LogP contribution in [0.2, 0.25) is 0 Å². The minimum absolute atomic E-state index is 0.114. The minimum Gasteiger partial charge on any atom is -0.373 e. The van der Waals surface area contributed by atoms with E-state index in [4.69, 9.17) is 5.73 Å². The topological polar surface area (TPSA) is 55.1 Å². The molecule has 2 aromatic carbocycles. The number of rotatable bonds is 5. The molecule has 0 saturated carbocycles. The predicted molar refractivity (Wildman–Crippen MR) is 77.9 cm³/mol. The first-order chi connectivity index (χ1) is 9.58. The van der Waals surface area contributed by atoms with Crippen molar-refractivity contribution in [3.05, 3.63) is 66.0 Å². The van der Waals surface area contributed by atoms with Crippen molar-refractivity contribution in [3.8, 4) is 0 Å². The standard InChI is InChI=1S/C16H17FN2O/c1-11(12-6-3-2-4-7-12)15(16(18)20)19-14-9-5-8-13(17)10-14/h2-11,15,19H,1H3,(H2,18,20). The Morgan fingerprint density at radius 1 is 1.15 bits per heavy atom. The Labute approximate surface area is 117 Å². The number of nitrogens with one attached hydrogen (secondary N) is 1. The Kier molecular flexibility index (Phi) is 4.35. The summed E-state index contributed by atoms with van der Waals surface area (Å²) < 4.78 is 13.2. The van der Waals surface area contributed by atoms with Gasteiger partial charge >= 0.3 is 0 Å². The Balaban J connectivity index is 2.21. The zero-order valence-electron chi connectivity index (χ0n) is 11.2. The molecule has 4 heteroatoms. The van der Waals surface area contributed by atoms with Crippen LogP contribution in [0.15, 0.2) is 54.6 Å². The van der Waals surface area contributed by atoms with Gasteiger partial charge in [-0.2, -0.15) is 0 Å². The molecule has 0 bridgehead atoms.